The first-order chi connectivity index (χ1) is 10.6. The summed E-state index contributed by atoms with van der Waals surface area (Å²) >= 11 is 3.12. The first-order valence-corrected chi connectivity index (χ1v) is 7.71. The summed E-state index contributed by atoms with van der Waals surface area (Å²) < 4.78 is 10.8. The van der Waals surface area contributed by atoms with Crippen LogP contribution in [0, 0.1) is 0 Å². The van der Waals surface area contributed by atoms with E-state index in [1.165, 1.54) is 6.07 Å². The summed E-state index contributed by atoms with van der Waals surface area (Å²) in [7, 11) is 0. The van der Waals surface area contributed by atoms with Crippen LogP contribution in [-0.2, 0) is 16.0 Å². The van der Waals surface area contributed by atoms with Crippen molar-refractivity contribution in [2.45, 2.75) is 19.4 Å². The summed E-state index contributed by atoms with van der Waals surface area (Å²) in [5.41, 5.74) is 2.01. The third kappa shape index (κ3) is 2.78. The number of rotatable bonds is 3. The molecule has 1 atom stereocenters. The molecule has 0 N–H and O–H groups in total. The quantitative estimate of drug-likeness (QED) is 0.785. The van der Waals surface area contributed by atoms with E-state index in [-0.39, 0.29) is 11.7 Å². The van der Waals surface area contributed by atoms with Crippen LogP contribution in [0.3, 0.4) is 0 Å². The van der Waals surface area contributed by atoms with Crippen molar-refractivity contribution in [1.29, 1.82) is 0 Å². The third-order valence-corrected chi connectivity index (χ3v) is 3.99. The predicted octanol–water partition coefficient (Wildman–Crippen LogP) is 3.18. The number of nitrogens with zero attached hydrogens (tertiary/aromatic N) is 1. The Morgan fingerprint density at radius 3 is 2.77 bits per heavy atom. The second-order valence-corrected chi connectivity index (χ2v) is 5.80. The van der Waals surface area contributed by atoms with E-state index in [0.717, 1.165) is 17.7 Å². The van der Waals surface area contributed by atoms with Crippen LogP contribution in [0.25, 0.3) is 0 Å². The van der Waals surface area contributed by atoms with Gasteiger partial charge in [-0.05, 0) is 53.0 Å². The monoisotopic (exact) mass is 363 g/mol. The molecule has 6 heteroatoms. The van der Waals surface area contributed by atoms with Crippen LogP contribution in [0.2, 0.25) is 0 Å². The topological polar surface area (TPSA) is 59.8 Å². The largest absolute Gasteiger partial charge is 0.447 e. The van der Waals surface area contributed by atoms with Crippen LogP contribution in [0.1, 0.15) is 23.0 Å². The summed E-state index contributed by atoms with van der Waals surface area (Å²) in [6, 6.07) is 10.8. The number of carbonyl (C=O) groups excluding carboxylic acids is 2. The number of ether oxygens (including phenoxy) is 1. The smallest absolute Gasteiger partial charge is 0.375 e. The Bertz CT molecular complexity index is 724. The van der Waals surface area contributed by atoms with Gasteiger partial charge >= 0.3 is 5.97 Å². The second kappa shape index (κ2) is 5.96. The third-order valence-electron chi connectivity index (χ3n) is 3.56. The molecule has 22 heavy (non-hydrogen) atoms. The van der Waals surface area contributed by atoms with Crippen LogP contribution in [-0.4, -0.2) is 24.5 Å². The maximum atomic E-state index is 12.5. The molecule has 0 saturated heterocycles. The molecule has 1 aliphatic heterocycles. The Kier molecular flexibility index (Phi) is 4.02. The molecule has 0 radical (unpaired) electrons. The van der Waals surface area contributed by atoms with Gasteiger partial charge in [-0.15, -0.1) is 0 Å². The number of hydrogen-bond acceptors (Lipinski definition) is 4. The molecule has 0 spiro atoms. The normalized spacial score (nSPS) is 14.5. The first kappa shape index (κ1) is 14.8. The molecule has 1 amide bonds. The average molecular weight is 364 g/mol. The van der Waals surface area contributed by atoms with Gasteiger partial charge in [0, 0.05) is 12.2 Å². The molecule has 2 heterocycles. The molecule has 0 fully saturated rings. The number of carbonyl (C=O) groups is 2. The number of benzene rings is 1. The zero-order chi connectivity index (χ0) is 15.7. The minimum Gasteiger partial charge on any atom is -0.447 e. The number of fused-ring (bicyclic) bond motifs is 1. The van der Waals surface area contributed by atoms with E-state index in [1.807, 2.05) is 24.3 Å². The van der Waals surface area contributed by atoms with E-state index in [4.69, 9.17) is 9.15 Å². The second-order valence-electron chi connectivity index (χ2n) is 5.02. The van der Waals surface area contributed by atoms with Crippen molar-refractivity contribution in [3.8, 4) is 0 Å². The Hall–Kier alpha value is -2.08. The molecule has 114 valence electrons. The molecule has 1 aromatic heterocycles. The first-order valence-electron chi connectivity index (χ1n) is 6.92. The zero-order valence-corrected chi connectivity index (χ0v) is 13.5. The fraction of sp³-hybridized carbons (Fsp3) is 0.250. The van der Waals surface area contributed by atoms with Crippen LogP contribution >= 0.6 is 15.9 Å². The molecule has 0 bridgehead atoms. The number of para-hydroxylation sites is 1. The summed E-state index contributed by atoms with van der Waals surface area (Å²) in [6.45, 7) is 2.17. The summed E-state index contributed by atoms with van der Waals surface area (Å²) in [5.74, 6) is -0.823. The fourth-order valence-corrected chi connectivity index (χ4v) is 2.79. The highest BCUT2D eigenvalue weighted by Gasteiger charge is 2.30. The number of anilines is 1. The van der Waals surface area contributed by atoms with Gasteiger partial charge in [-0.3, -0.25) is 4.79 Å². The van der Waals surface area contributed by atoms with Gasteiger partial charge in [0.05, 0.1) is 0 Å². The molecular weight excluding hydrogens is 350 g/mol. The van der Waals surface area contributed by atoms with Gasteiger partial charge in [0.2, 0.25) is 5.76 Å². The average Bonchev–Trinajstić information content (AvgIpc) is 3.12. The molecular formula is C16H14BrNO4. The number of amides is 1. The lowest BCUT2D eigenvalue weighted by Gasteiger charge is -2.21. The van der Waals surface area contributed by atoms with Crippen LogP contribution in [0.5, 0.6) is 0 Å². The zero-order valence-electron chi connectivity index (χ0n) is 11.9. The van der Waals surface area contributed by atoms with Crippen molar-refractivity contribution in [3.05, 3.63) is 52.4 Å². The molecule has 0 saturated carbocycles. The highest BCUT2D eigenvalue weighted by molar-refractivity contribution is 9.10. The minimum atomic E-state index is -0.873. The fourth-order valence-electron chi connectivity index (χ4n) is 2.48. The molecule has 0 aliphatic carbocycles. The van der Waals surface area contributed by atoms with Crippen LogP contribution in [0.4, 0.5) is 5.69 Å². The maximum Gasteiger partial charge on any atom is 0.375 e. The summed E-state index contributed by atoms with van der Waals surface area (Å²) in [5, 5.41) is 0. The van der Waals surface area contributed by atoms with E-state index < -0.39 is 12.1 Å². The Labute approximate surface area is 136 Å². The SMILES string of the molecule is CC(OC(=O)c1ccc(Br)o1)C(=O)N1CCc2ccccc21. The van der Waals surface area contributed by atoms with E-state index >= 15 is 0 Å². The highest BCUT2D eigenvalue weighted by Crippen LogP contribution is 2.28. The van der Waals surface area contributed by atoms with Gasteiger partial charge < -0.3 is 14.1 Å². The number of halogens is 1. The van der Waals surface area contributed by atoms with Gasteiger partial charge in [0.1, 0.15) is 0 Å². The highest BCUT2D eigenvalue weighted by atomic mass is 79.9. The van der Waals surface area contributed by atoms with Gasteiger partial charge in [0.25, 0.3) is 5.91 Å². The van der Waals surface area contributed by atoms with Gasteiger partial charge in [0.15, 0.2) is 10.8 Å². The van der Waals surface area contributed by atoms with Gasteiger partial charge in [-0.25, -0.2) is 4.79 Å². The van der Waals surface area contributed by atoms with Crippen LogP contribution < -0.4 is 4.90 Å². The van der Waals surface area contributed by atoms with Crippen molar-refractivity contribution < 1.29 is 18.7 Å². The Balaban J connectivity index is 1.69. The lowest BCUT2D eigenvalue weighted by molar-refractivity contribution is -0.126. The Morgan fingerprint density at radius 1 is 1.27 bits per heavy atom. The molecule has 1 unspecified atom stereocenters. The van der Waals surface area contributed by atoms with Gasteiger partial charge in [-0.2, -0.15) is 0 Å². The van der Waals surface area contributed by atoms with Crippen molar-refractivity contribution in [2.75, 3.05) is 11.4 Å². The summed E-state index contributed by atoms with van der Waals surface area (Å²) in [4.78, 5) is 26.1. The molecule has 5 nitrogen and oxygen atoms in total. The van der Waals surface area contributed by atoms with Gasteiger partial charge in [-0.1, -0.05) is 18.2 Å². The van der Waals surface area contributed by atoms with E-state index in [0.29, 0.717) is 11.2 Å². The van der Waals surface area contributed by atoms with Crippen molar-refractivity contribution in [2.24, 2.45) is 0 Å². The van der Waals surface area contributed by atoms with E-state index in [9.17, 15) is 9.59 Å². The lowest BCUT2D eigenvalue weighted by Crippen LogP contribution is -2.39. The van der Waals surface area contributed by atoms with Crippen LogP contribution in [0.15, 0.2) is 45.5 Å². The number of hydrogen-bond donors (Lipinski definition) is 0. The van der Waals surface area contributed by atoms with Crippen molar-refractivity contribution in [1.82, 2.24) is 0 Å². The standard InChI is InChI=1S/C16H14BrNO4/c1-10(21-16(20)13-6-7-14(17)22-13)15(19)18-9-8-11-4-2-3-5-12(11)18/h2-7,10H,8-9H2,1H3. The maximum absolute atomic E-state index is 12.5. The number of esters is 1. The lowest BCUT2D eigenvalue weighted by atomic mass is 10.2. The minimum absolute atomic E-state index is 0.0633. The Morgan fingerprint density at radius 2 is 2.05 bits per heavy atom. The predicted molar refractivity (Wildman–Crippen MR) is 83.8 cm³/mol. The molecule has 1 aromatic carbocycles. The van der Waals surface area contributed by atoms with E-state index in [1.54, 1.807) is 17.9 Å². The number of furan rings is 1. The summed E-state index contributed by atoms with van der Waals surface area (Å²) in [6.07, 6.45) is -0.0595. The van der Waals surface area contributed by atoms with Crippen molar-refractivity contribution >= 4 is 33.5 Å². The molecule has 3 rings (SSSR count). The van der Waals surface area contributed by atoms with E-state index in [2.05, 4.69) is 15.9 Å². The molecule has 1 aliphatic rings. The van der Waals surface area contributed by atoms with Crippen molar-refractivity contribution in [3.63, 3.8) is 0 Å². The molecule has 2 aromatic rings.